The highest BCUT2D eigenvalue weighted by Gasteiger charge is 2.30. The highest BCUT2D eigenvalue weighted by atomic mass is 19.3. The Morgan fingerprint density at radius 2 is 2.10 bits per heavy atom. The van der Waals surface area contributed by atoms with Gasteiger partial charge >= 0.3 is 12.4 Å². The normalized spacial score (nSPS) is 14.2. The summed E-state index contributed by atoms with van der Waals surface area (Å²) < 4.78 is 43.2. The molecule has 0 bridgehead atoms. The van der Waals surface area contributed by atoms with E-state index in [1.54, 1.807) is 11.0 Å². The predicted octanol–water partition coefficient (Wildman–Crippen LogP) is 3.08. The molecule has 0 unspecified atom stereocenters. The monoisotopic (exact) mass is 284 g/mol. The maximum Gasteiger partial charge on any atom is 0.324 e. The maximum atomic E-state index is 13.3. The molecule has 0 fully saturated rings. The van der Waals surface area contributed by atoms with Gasteiger partial charge in [0.25, 0.3) is 5.89 Å². The first-order chi connectivity index (χ1) is 9.60. The molecule has 1 aliphatic heterocycles. The largest absolute Gasteiger partial charge is 0.401 e. The van der Waals surface area contributed by atoms with Crippen molar-refractivity contribution in [1.29, 1.82) is 0 Å². The van der Waals surface area contributed by atoms with E-state index in [1.165, 1.54) is 12.1 Å². The number of hydrogen-bond donors (Lipinski definition) is 0. The first-order valence-corrected chi connectivity index (χ1v) is 6.03. The fourth-order valence-corrected chi connectivity index (χ4v) is 2.16. The average Bonchev–Trinajstić information content (AvgIpc) is 3.01. The molecule has 1 aromatic heterocycles. The molecule has 0 amide bonds. The van der Waals surface area contributed by atoms with E-state index >= 15 is 0 Å². The van der Waals surface area contributed by atoms with Crippen LogP contribution in [0.4, 0.5) is 30.6 Å². The molecule has 8 heteroatoms. The van der Waals surface area contributed by atoms with Crippen LogP contribution in [0.25, 0.3) is 0 Å². The third-order valence-electron chi connectivity index (χ3n) is 3.11. The fourth-order valence-electron chi connectivity index (χ4n) is 2.16. The molecule has 0 N–H and O–H groups in total. The van der Waals surface area contributed by atoms with Crippen molar-refractivity contribution in [3.63, 3.8) is 0 Å². The van der Waals surface area contributed by atoms with Gasteiger partial charge < -0.3 is 9.32 Å². The SMILES string of the molecule is CCN1CN(c2nnc(C(F)F)o2)c2ccc(F)cc21. The van der Waals surface area contributed by atoms with Crippen LogP contribution >= 0.6 is 0 Å². The number of aromatic nitrogens is 2. The van der Waals surface area contributed by atoms with Crippen molar-refractivity contribution in [3.8, 4) is 0 Å². The zero-order valence-corrected chi connectivity index (χ0v) is 10.6. The molecule has 0 spiro atoms. The van der Waals surface area contributed by atoms with Crippen molar-refractivity contribution in [3.05, 3.63) is 29.9 Å². The van der Waals surface area contributed by atoms with E-state index < -0.39 is 12.3 Å². The van der Waals surface area contributed by atoms with Gasteiger partial charge in [0.05, 0.1) is 18.0 Å². The number of benzene rings is 1. The number of anilines is 3. The van der Waals surface area contributed by atoms with Crippen molar-refractivity contribution in [1.82, 2.24) is 10.2 Å². The van der Waals surface area contributed by atoms with Crippen LogP contribution in [0.2, 0.25) is 0 Å². The summed E-state index contributed by atoms with van der Waals surface area (Å²) in [5, 5.41) is 6.92. The standard InChI is InChI=1S/C12H11F3N4O/c1-2-18-6-19(8-4-3-7(13)5-9(8)18)12-17-16-11(20-12)10(14)15/h3-5,10H,2,6H2,1H3. The second-order valence-electron chi connectivity index (χ2n) is 4.28. The molecule has 2 heterocycles. The smallest absolute Gasteiger partial charge is 0.324 e. The minimum absolute atomic E-state index is 0.0240. The molecule has 1 aromatic carbocycles. The lowest BCUT2D eigenvalue weighted by atomic mass is 10.2. The Kier molecular flexibility index (Phi) is 3.00. The third kappa shape index (κ3) is 1.97. The summed E-state index contributed by atoms with van der Waals surface area (Å²) in [5.74, 6) is -1.08. The highest BCUT2D eigenvalue weighted by Crippen LogP contribution is 2.40. The van der Waals surface area contributed by atoms with E-state index in [9.17, 15) is 13.2 Å². The van der Waals surface area contributed by atoms with Crippen molar-refractivity contribution < 1.29 is 17.6 Å². The van der Waals surface area contributed by atoms with E-state index in [-0.39, 0.29) is 11.8 Å². The van der Waals surface area contributed by atoms with Crippen LogP contribution in [-0.2, 0) is 0 Å². The van der Waals surface area contributed by atoms with E-state index in [2.05, 4.69) is 10.2 Å². The van der Waals surface area contributed by atoms with Gasteiger partial charge in [-0.1, -0.05) is 5.10 Å². The van der Waals surface area contributed by atoms with Crippen LogP contribution in [0.3, 0.4) is 0 Å². The van der Waals surface area contributed by atoms with Gasteiger partial charge in [-0.2, -0.15) is 8.78 Å². The number of nitrogens with zero attached hydrogens (tertiary/aromatic N) is 4. The van der Waals surface area contributed by atoms with E-state index in [0.717, 1.165) is 0 Å². The summed E-state index contributed by atoms with van der Waals surface area (Å²) in [4.78, 5) is 3.46. The van der Waals surface area contributed by atoms with E-state index in [4.69, 9.17) is 4.42 Å². The maximum absolute atomic E-state index is 13.3. The molecular weight excluding hydrogens is 273 g/mol. The van der Waals surface area contributed by atoms with Crippen molar-refractivity contribution >= 4 is 17.4 Å². The van der Waals surface area contributed by atoms with Gasteiger partial charge in [-0.25, -0.2) is 4.39 Å². The number of halogens is 3. The zero-order chi connectivity index (χ0) is 14.3. The van der Waals surface area contributed by atoms with Crippen molar-refractivity contribution in [2.24, 2.45) is 0 Å². The molecule has 0 atom stereocenters. The van der Waals surface area contributed by atoms with E-state index in [1.807, 2.05) is 11.8 Å². The van der Waals surface area contributed by atoms with Gasteiger partial charge in [0.1, 0.15) is 5.82 Å². The Hall–Kier alpha value is -2.25. The average molecular weight is 284 g/mol. The van der Waals surface area contributed by atoms with Gasteiger partial charge in [0.15, 0.2) is 0 Å². The molecule has 5 nitrogen and oxygen atoms in total. The minimum Gasteiger partial charge on any atom is -0.401 e. The lowest BCUT2D eigenvalue weighted by Gasteiger charge is -2.16. The topological polar surface area (TPSA) is 45.4 Å². The third-order valence-corrected chi connectivity index (χ3v) is 3.11. The van der Waals surface area contributed by atoms with Gasteiger partial charge in [-0.15, -0.1) is 5.10 Å². The van der Waals surface area contributed by atoms with Crippen LogP contribution < -0.4 is 9.80 Å². The summed E-state index contributed by atoms with van der Waals surface area (Å²) >= 11 is 0. The Morgan fingerprint density at radius 1 is 1.30 bits per heavy atom. The zero-order valence-electron chi connectivity index (χ0n) is 10.6. The van der Waals surface area contributed by atoms with Gasteiger partial charge in [-0.3, -0.25) is 4.90 Å². The summed E-state index contributed by atoms with van der Waals surface area (Å²) in [6.07, 6.45) is -2.81. The lowest BCUT2D eigenvalue weighted by Crippen LogP contribution is -2.27. The van der Waals surface area contributed by atoms with Crippen LogP contribution in [0.1, 0.15) is 19.2 Å². The minimum atomic E-state index is -2.81. The Balaban J connectivity index is 2.00. The molecule has 106 valence electrons. The Labute approximate surface area is 112 Å². The number of rotatable bonds is 3. The van der Waals surface area contributed by atoms with Crippen molar-refractivity contribution in [2.45, 2.75) is 13.3 Å². The highest BCUT2D eigenvalue weighted by molar-refractivity contribution is 5.79. The molecule has 0 saturated heterocycles. The van der Waals surface area contributed by atoms with Crippen molar-refractivity contribution in [2.75, 3.05) is 23.0 Å². The summed E-state index contributed by atoms with van der Waals surface area (Å²) in [5.41, 5.74) is 1.32. The molecule has 1 aliphatic rings. The first-order valence-electron chi connectivity index (χ1n) is 6.03. The Morgan fingerprint density at radius 3 is 2.75 bits per heavy atom. The quantitative estimate of drug-likeness (QED) is 0.866. The second kappa shape index (κ2) is 4.69. The molecular formula is C12H11F3N4O. The van der Waals surface area contributed by atoms with Crippen LogP contribution in [0.15, 0.2) is 22.6 Å². The lowest BCUT2D eigenvalue weighted by molar-refractivity contribution is 0.115. The molecule has 20 heavy (non-hydrogen) atoms. The molecule has 3 rings (SSSR count). The number of alkyl halides is 2. The molecule has 2 aromatic rings. The summed E-state index contributed by atoms with van der Waals surface area (Å²) in [6.45, 7) is 2.90. The Bertz CT molecular complexity index is 631. The predicted molar refractivity (Wildman–Crippen MR) is 65.7 cm³/mol. The number of fused-ring (bicyclic) bond motifs is 1. The molecule has 0 saturated carbocycles. The van der Waals surface area contributed by atoms with Gasteiger partial charge in [0.2, 0.25) is 0 Å². The number of hydrogen-bond acceptors (Lipinski definition) is 5. The summed E-state index contributed by atoms with van der Waals surface area (Å²) in [7, 11) is 0. The summed E-state index contributed by atoms with van der Waals surface area (Å²) in [6, 6.07) is 4.23. The second-order valence-corrected chi connectivity index (χ2v) is 4.28. The van der Waals surface area contributed by atoms with Crippen LogP contribution in [-0.4, -0.2) is 23.4 Å². The fraction of sp³-hybridized carbons (Fsp3) is 0.333. The van der Waals surface area contributed by atoms with Crippen LogP contribution in [0, 0.1) is 5.82 Å². The van der Waals surface area contributed by atoms with Gasteiger partial charge in [0, 0.05) is 6.54 Å². The first kappa shape index (κ1) is 12.8. The van der Waals surface area contributed by atoms with Gasteiger partial charge in [-0.05, 0) is 25.1 Å². The molecule has 0 radical (unpaired) electrons. The van der Waals surface area contributed by atoms with E-state index in [0.29, 0.717) is 24.6 Å². The van der Waals surface area contributed by atoms with Crippen LogP contribution in [0.5, 0.6) is 0 Å². The molecule has 0 aliphatic carbocycles.